The van der Waals surface area contributed by atoms with Crippen LogP contribution in [-0.2, 0) is 14.6 Å². The Hall–Kier alpha value is -2.55. The summed E-state index contributed by atoms with van der Waals surface area (Å²) in [4.78, 5) is 13.5. The van der Waals surface area contributed by atoms with Crippen LogP contribution in [0.3, 0.4) is 0 Å². The largest absolute Gasteiger partial charge is 0.497 e. The Morgan fingerprint density at radius 3 is 2.50 bits per heavy atom. The van der Waals surface area contributed by atoms with Crippen molar-refractivity contribution in [1.29, 1.82) is 0 Å². The summed E-state index contributed by atoms with van der Waals surface area (Å²) in [6.07, 6.45) is 0.191. The van der Waals surface area contributed by atoms with E-state index in [4.69, 9.17) is 21.1 Å². The van der Waals surface area contributed by atoms with Gasteiger partial charge in [-0.25, -0.2) is 8.42 Å². The minimum Gasteiger partial charge on any atom is -0.497 e. The maximum Gasteiger partial charge on any atom is 0.225 e. The molecule has 0 aliphatic carbocycles. The molecule has 1 amide bonds. The number of benzene rings is 2. The first kappa shape index (κ1) is 20.7. The molecule has 0 unspecified atom stereocenters. The van der Waals surface area contributed by atoms with E-state index in [0.29, 0.717) is 22.2 Å². The van der Waals surface area contributed by atoms with Gasteiger partial charge in [0.2, 0.25) is 15.7 Å². The van der Waals surface area contributed by atoms with E-state index in [1.54, 1.807) is 31.7 Å². The standard InChI is InChI=1S/C21H18ClNO5S2/c1-27-13-5-8-15(17(9-13)28-2)16-10-19(24)23-20-18(11-29-21(16)20)30(25,26)14-6-3-12(22)4-7-14/h3-9,11,16H,10H2,1-2H3,(H,23,24)/t16-/m0/s1. The molecular formula is C21H18ClNO5S2. The fourth-order valence-corrected chi connectivity index (χ4v) is 6.53. The predicted molar refractivity (Wildman–Crippen MR) is 116 cm³/mol. The summed E-state index contributed by atoms with van der Waals surface area (Å²) in [5.41, 5.74) is 1.13. The van der Waals surface area contributed by atoms with Gasteiger partial charge in [0.25, 0.3) is 0 Å². The Morgan fingerprint density at radius 1 is 1.10 bits per heavy atom. The summed E-state index contributed by atoms with van der Waals surface area (Å²) < 4.78 is 37.2. The molecule has 9 heteroatoms. The first-order chi connectivity index (χ1) is 14.3. The van der Waals surface area contributed by atoms with Crippen molar-refractivity contribution in [3.05, 3.63) is 63.3 Å². The van der Waals surface area contributed by atoms with Crippen LogP contribution in [0.4, 0.5) is 5.69 Å². The lowest BCUT2D eigenvalue weighted by Gasteiger charge is -2.25. The number of hydrogen-bond acceptors (Lipinski definition) is 6. The van der Waals surface area contributed by atoms with Gasteiger partial charge in [-0.1, -0.05) is 17.7 Å². The van der Waals surface area contributed by atoms with Gasteiger partial charge in [0.05, 0.1) is 24.8 Å². The SMILES string of the molecule is COc1ccc([C@@H]2CC(=O)Nc3c(S(=O)(=O)c4ccc(Cl)cc4)csc32)c(OC)c1. The van der Waals surface area contributed by atoms with E-state index in [1.165, 1.54) is 35.6 Å². The predicted octanol–water partition coefficient (Wildman–Crippen LogP) is 4.73. The molecule has 4 rings (SSSR count). The highest BCUT2D eigenvalue weighted by atomic mass is 35.5. The number of carbonyl (C=O) groups is 1. The lowest BCUT2D eigenvalue weighted by Crippen LogP contribution is -2.23. The lowest BCUT2D eigenvalue weighted by molar-refractivity contribution is -0.116. The third-order valence-corrected chi connectivity index (χ3v) is 8.28. The first-order valence-corrected chi connectivity index (χ1v) is 11.7. The van der Waals surface area contributed by atoms with E-state index in [-0.39, 0.29) is 28.0 Å². The molecule has 1 aliphatic heterocycles. The normalized spacial score (nSPS) is 16.0. The van der Waals surface area contributed by atoms with E-state index in [2.05, 4.69) is 5.32 Å². The van der Waals surface area contributed by atoms with E-state index in [0.717, 1.165) is 10.4 Å². The van der Waals surface area contributed by atoms with Gasteiger partial charge in [-0.2, -0.15) is 0 Å². The van der Waals surface area contributed by atoms with E-state index in [1.807, 2.05) is 6.07 Å². The average Bonchev–Trinajstić information content (AvgIpc) is 3.17. The number of nitrogens with one attached hydrogen (secondary N) is 1. The summed E-state index contributed by atoms with van der Waals surface area (Å²) in [5, 5.41) is 4.77. The molecule has 0 saturated heterocycles. The lowest BCUT2D eigenvalue weighted by atomic mass is 9.90. The van der Waals surface area contributed by atoms with Crippen molar-refractivity contribution < 1.29 is 22.7 Å². The maximum atomic E-state index is 13.2. The number of carbonyl (C=O) groups excluding carboxylic acids is 1. The molecular weight excluding hydrogens is 446 g/mol. The van der Waals surface area contributed by atoms with Crippen molar-refractivity contribution in [1.82, 2.24) is 0 Å². The highest BCUT2D eigenvalue weighted by Gasteiger charge is 2.35. The van der Waals surface area contributed by atoms with Gasteiger partial charge in [-0.3, -0.25) is 4.79 Å². The quantitative estimate of drug-likeness (QED) is 0.591. The molecule has 30 heavy (non-hydrogen) atoms. The van der Waals surface area contributed by atoms with Gasteiger partial charge in [0.15, 0.2) is 0 Å². The number of thiophene rings is 1. The molecule has 0 radical (unpaired) electrons. The Bertz CT molecular complexity index is 1220. The van der Waals surface area contributed by atoms with Gasteiger partial charge >= 0.3 is 0 Å². The van der Waals surface area contributed by atoms with Crippen LogP contribution in [0.5, 0.6) is 11.5 Å². The van der Waals surface area contributed by atoms with Crippen LogP contribution in [0.2, 0.25) is 5.02 Å². The zero-order valence-electron chi connectivity index (χ0n) is 16.1. The molecule has 3 aromatic rings. The second-order valence-electron chi connectivity index (χ2n) is 6.71. The van der Waals surface area contributed by atoms with Crippen LogP contribution >= 0.6 is 22.9 Å². The number of anilines is 1. The zero-order valence-corrected chi connectivity index (χ0v) is 18.5. The molecule has 1 aliphatic rings. The number of halogens is 1. The first-order valence-electron chi connectivity index (χ1n) is 8.99. The van der Waals surface area contributed by atoms with Crippen LogP contribution in [0.1, 0.15) is 22.8 Å². The van der Waals surface area contributed by atoms with Crippen LogP contribution < -0.4 is 14.8 Å². The van der Waals surface area contributed by atoms with Crippen molar-refractivity contribution in [2.45, 2.75) is 22.1 Å². The number of amides is 1. The van der Waals surface area contributed by atoms with E-state index in [9.17, 15) is 13.2 Å². The molecule has 1 N–H and O–H groups in total. The number of hydrogen-bond donors (Lipinski definition) is 1. The minimum atomic E-state index is -3.82. The Morgan fingerprint density at radius 2 is 1.83 bits per heavy atom. The summed E-state index contributed by atoms with van der Waals surface area (Å²) in [7, 11) is -0.712. The molecule has 2 heterocycles. The highest BCUT2D eigenvalue weighted by molar-refractivity contribution is 7.91. The molecule has 0 fully saturated rings. The average molecular weight is 464 g/mol. The summed E-state index contributed by atoms with van der Waals surface area (Å²) >= 11 is 7.19. The Balaban J connectivity index is 1.83. The third kappa shape index (κ3) is 3.55. The summed E-state index contributed by atoms with van der Waals surface area (Å²) in [6, 6.07) is 11.3. The monoisotopic (exact) mass is 463 g/mol. The summed E-state index contributed by atoms with van der Waals surface area (Å²) in [6.45, 7) is 0. The molecule has 156 valence electrons. The van der Waals surface area contributed by atoms with Gasteiger partial charge < -0.3 is 14.8 Å². The molecule has 0 spiro atoms. The molecule has 6 nitrogen and oxygen atoms in total. The number of fused-ring (bicyclic) bond motifs is 1. The number of rotatable bonds is 5. The second kappa shape index (κ2) is 7.94. The van der Waals surface area contributed by atoms with Crippen molar-refractivity contribution in [3.63, 3.8) is 0 Å². The smallest absolute Gasteiger partial charge is 0.225 e. The van der Waals surface area contributed by atoms with Crippen LogP contribution in [0, 0.1) is 0 Å². The molecule has 1 atom stereocenters. The topological polar surface area (TPSA) is 81.7 Å². The fraction of sp³-hybridized carbons (Fsp3) is 0.190. The fourth-order valence-electron chi connectivity index (χ4n) is 3.50. The Kier molecular flexibility index (Phi) is 5.48. The minimum absolute atomic E-state index is 0.0790. The van der Waals surface area contributed by atoms with Crippen molar-refractivity contribution in [3.8, 4) is 11.5 Å². The van der Waals surface area contributed by atoms with Crippen molar-refractivity contribution in [2.75, 3.05) is 19.5 Å². The maximum absolute atomic E-state index is 13.2. The van der Waals surface area contributed by atoms with E-state index < -0.39 is 9.84 Å². The number of methoxy groups -OCH3 is 2. The Labute approximate surface area is 183 Å². The van der Waals surface area contributed by atoms with Gasteiger partial charge in [0.1, 0.15) is 16.4 Å². The van der Waals surface area contributed by atoms with Crippen LogP contribution in [-0.4, -0.2) is 28.5 Å². The second-order valence-corrected chi connectivity index (χ2v) is 9.98. The van der Waals surface area contributed by atoms with Crippen LogP contribution in [0.15, 0.2) is 57.6 Å². The zero-order chi connectivity index (χ0) is 21.5. The molecule has 0 saturated carbocycles. The van der Waals surface area contributed by atoms with Gasteiger partial charge in [-0.15, -0.1) is 11.3 Å². The van der Waals surface area contributed by atoms with Crippen molar-refractivity contribution in [2.24, 2.45) is 0 Å². The third-order valence-electron chi connectivity index (χ3n) is 4.99. The molecule has 0 bridgehead atoms. The van der Waals surface area contributed by atoms with E-state index >= 15 is 0 Å². The molecule has 2 aromatic carbocycles. The van der Waals surface area contributed by atoms with Gasteiger partial charge in [-0.05, 0) is 30.3 Å². The number of sulfone groups is 1. The summed E-state index contributed by atoms with van der Waals surface area (Å²) in [5.74, 6) is 0.633. The number of ether oxygens (including phenoxy) is 2. The molecule has 1 aromatic heterocycles. The van der Waals surface area contributed by atoms with Crippen LogP contribution in [0.25, 0.3) is 0 Å². The van der Waals surface area contributed by atoms with Crippen molar-refractivity contribution >= 4 is 44.4 Å². The highest BCUT2D eigenvalue weighted by Crippen LogP contribution is 2.48. The van der Waals surface area contributed by atoms with Gasteiger partial charge in [0, 0.05) is 39.2 Å².